The Morgan fingerprint density at radius 2 is 1.86 bits per heavy atom. The van der Waals surface area contributed by atoms with E-state index in [2.05, 4.69) is 22.1 Å². The Labute approximate surface area is 124 Å². The zero-order chi connectivity index (χ0) is 14.7. The van der Waals surface area contributed by atoms with Crippen LogP contribution in [0.3, 0.4) is 0 Å². The van der Waals surface area contributed by atoms with Crippen molar-refractivity contribution in [3.63, 3.8) is 0 Å². The highest BCUT2D eigenvalue weighted by Gasteiger charge is 2.12. The van der Waals surface area contributed by atoms with Crippen LogP contribution in [-0.2, 0) is 12.8 Å². The standard InChI is InChI=1S/C16H19N3O2/c1-11-18-13(9-16(17)19-11)5-3-2-4-12-6-7-14-15(8-12)21-10-20-14/h6-9H,2-5,10H2,1H3,(H2,17,18,19). The molecule has 2 aromatic rings. The summed E-state index contributed by atoms with van der Waals surface area (Å²) >= 11 is 0. The number of unbranched alkanes of at least 4 members (excludes halogenated alkanes) is 1. The van der Waals surface area contributed by atoms with Crippen LogP contribution in [0.2, 0.25) is 0 Å². The van der Waals surface area contributed by atoms with Gasteiger partial charge < -0.3 is 15.2 Å². The Hall–Kier alpha value is -2.30. The van der Waals surface area contributed by atoms with E-state index in [9.17, 15) is 0 Å². The van der Waals surface area contributed by atoms with Crippen LogP contribution in [0, 0.1) is 6.92 Å². The van der Waals surface area contributed by atoms with Crippen molar-refractivity contribution in [3.8, 4) is 11.5 Å². The number of ether oxygens (including phenoxy) is 2. The van der Waals surface area contributed by atoms with Gasteiger partial charge in [0.1, 0.15) is 11.6 Å². The van der Waals surface area contributed by atoms with Crippen molar-refractivity contribution in [3.05, 3.63) is 41.3 Å². The molecule has 0 saturated heterocycles. The van der Waals surface area contributed by atoms with Gasteiger partial charge in [-0.15, -0.1) is 0 Å². The highest BCUT2D eigenvalue weighted by atomic mass is 16.7. The van der Waals surface area contributed by atoms with Crippen LogP contribution in [0.4, 0.5) is 5.82 Å². The lowest BCUT2D eigenvalue weighted by Gasteiger charge is -2.05. The van der Waals surface area contributed by atoms with E-state index >= 15 is 0 Å². The van der Waals surface area contributed by atoms with Crippen molar-refractivity contribution >= 4 is 5.82 Å². The molecule has 1 aromatic carbocycles. The molecule has 1 aromatic heterocycles. The molecule has 0 aliphatic carbocycles. The predicted molar refractivity (Wildman–Crippen MR) is 80.4 cm³/mol. The predicted octanol–water partition coefficient (Wildman–Crippen LogP) is 2.66. The van der Waals surface area contributed by atoms with Gasteiger partial charge in [-0.25, -0.2) is 9.97 Å². The van der Waals surface area contributed by atoms with E-state index in [1.807, 2.05) is 19.1 Å². The Morgan fingerprint density at radius 3 is 2.71 bits per heavy atom. The molecule has 2 N–H and O–H groups in total. The summed E-state index contributed by atoms with van der Waals surface area (Å²) in [5.74, 6) is 2.98. The molecule has 0 bridgehead atoms. The maximum absolute atomic E-state index is 5.73. The summed E-state index contributed by atoms with van der Waals surface area (Å²) in [7, 11) is 0. The van der Waals surface area contributed by atoms with Gasteiger partial charge in [0.25, 0.3) is 0 Å². The minimum absolute atomic E-state index is 0.327. The molecule has 0 spiro atoms. The first-order valence-electron chi connectivity index (χ1n) is 7.19. The van der Waals surface area contributed by atoms with Crippen molar-refractivity contribution in [2.24, 2.45) is 0 Å². The van der Waals surface area contributed by atoms with E-state index in [-0.39, 0.29) is 0 Å². The highest BCUT2D eigenvalue weighted by Crippen LogP contribution is 2.32. The minimum atomic E-state index is 0.327. The molecule has 0 amide bonds. The average Bonchev–Trinajstić information content (AvgIpc) is 2.90. The van der Waals surface area contributed by atoms with Gasteiger partial charge in [-0.3, -0.25) is 0 Å². The maximum Gasteiger partial charge on any atom is 0.231 e. The van der Waals surface area contributed by atoms with Gasteiger partial charge >= 0.3 is 0 Å². The van der Waals surface area contributed by atoms with Crippen molar-refractivity contribution in [2.75, 3.05) is 12.5 Å². The van der Waals surface area contributed by atoms with Crippen LogP contribution in [0.1, 0.15) is 29.9 Å². The molecule has 0 fully saturated rings. The molecule has 2 heterocycles. The second kappa shape index (κ2) is 5.99. The third kappa shape index (κ3) is 3.42. The van der Waals surface area contributed by atoms with E-state index in [1.165, 1.54) is 5.56 Å². The monoisotopic (exact) mass is 285 g/mol. The molecule has 21 heavy (non-hydrogen) atoms. The summed E-state index contributed by atoms with van der Waals surface area (Å²) in [4.78, 5) is 8.48. The van der Waals surface area contributed by atoms with Crippen molar-refractivity contribution in [2.45, 2.75) is 32.6 Å². The number of aryl methyl sites for hydroxylation is 3. The fraction of sp³-hybridized carbons (Fsp3) is 0.375. The normalized spacial score (nSPS) is 12.6. The van der Waals surface area contributed by atoms with Gasteiger partial charge in [-0.2, -0.15) is 0 Å². The number of aromatic nitrogens is 2. The lowest BCUT2D eigenvalue weighted by atomic mass is 10.1. The quantitative estimate of drug-likeness (QED) is 0.855. The van der Waals surface area contributed by atoms with Gasteiger partial charge in [0.15, 0.2) is 11.5 Å². The molecule has 0 unspecified atom stereocenters. The van der Waals surface area contributed by atoms with E-state index in [1.54, 1.807) is 0 Å². The van der Waals surface area contributed by atoms with Crippen LogP contribution in [0.15, 0.2) is 24.3 Å². The Morgan fingerprint density at radius 1 is 1.05 bits per heavy atom. The van der Waals surface area contributed by atoms with Gasteiger partial charge in [0.2, 0.25) is 6.79 Å². The average molecular weight is 285 g/mol. The molecular weight excluding hydrogens is 266 g/mol. The molecular formula is C16H19N3O2. The first-order chi connectivity index (χ1) is 10.2. The number of benzene rings is 1. The molecule has 1 aliphatic heterocycles. The summed E-state index contributed by atoms with van der Waals surface area (Å²) in [5.41, 5.74) is 8.02. The van der Waals surface area contributed by atoms with Crippen LogP contribution < -0.4 is 15.2 Å². The highest BCUT2D eigenvalue weighted by molar-refractivity contribution is 5.44. The molecule has 3 rings (SSSR count). The van der Waals surface area contributed by atoms with Crippen molar-refractivity contribution in [1.29, 1.82) is 0 Å². The van der Waals surface area contributed by atoms with Gasteiger partial charge in [-0.1, -0.05) is 6.07 Å². The third-order valence-electron chi connectivity index (χ3n) is 3.50. The maximum atomic E-state index is 5.73. The molecule has 5 nitrogen and oxygen atoms in total. The molecule has 0 atom stereocenters. The lowest BCUT2D eigenvalue weighted by molar-refractivity contribution is 0.174. The second-order valence-electron chi connectivity index (χ2n) is 5.23. The third-order valence-corrected chi connectivity index (χ3v) is 3.50. The molecule has 0 radical (unpaired) electrons. The van der Waals surface area contributed by atoms with Crippen molar-refractivity contribution in [1.82, 2.24) is 9.97 Å². The smallest absolute Gasteiger partial charge is 0.231 e. The summed E-state index contributed by atoms with van der Waals surface area (Å²) in [6, 6.07) is 8.00. The Balaban J connectivity index is 1.50. The lowest BCUT2D eigenvalue weighted by Crippen LogP contribution is -2.00. The van der Waals surface area contributed by atoms with Gasteiger partial charge in [0, 0.05) is 11.8 Å². The summed E-state index contributed by atoms with van der Waals surface area (Å²) in [5, 5.41) is 0. The summed E-state index contributed by atoms with van der Waals surface area (Å²) in [6.07, 6.45) is 4.13. The van der Waals surface area contributed by atoms with Crippen molar-refractivity contribution < 1.29 is 9.47 Å². The first kappa shape index (κ1) is 13.7. The Kier molecular flexibility index (Phi) is 3.90. The SMILES string of the molecule is Cc1nc(N)cc(CCCCc2ccc3c(c2)OCO3)n1. The zero-order valence-electron chi connectivity index (χ0n) is 12.1. The Bertz CT molecular complexity index is 623. The number of anilines is 1. The number of nitrogens with zero attached hydrogens (tertiary/aromatic N) is 2. The van der Waals surface area contributed by atoms with Gasteiger partial charge in [-0.05, 0) is 50.3 Å². The zero-order valence-corrected chi connectivity index (χ0v) is 12.1. The summed E-state index contributed by atoms with van der Waals surface area (Å²) in [6.45, 7) is 2.19. The number of hydrogen-bond acceptors (Lipinski definition) is 5. The number of nitrogen functional groups attached to an aromatic ring is 1. The number of nitrogens with two attached hydrogens (primary N) is 1. The molecule has 5 heteroatoms. The van der Waals surface area contributed by atoms with Crippen LogP contribution in [-0.4, -0.2) is 16.8 Å². The van der Waals surface area contributed by atoms with E-state index < -0.39 is 0 Å². The minimum Gasteiger partial charge on any atom is -0.454 e. The van der Waals surface area contributed by atoms with Crippen LogP contribution in [0.25, 0.3) is 0 Å². The largest absolute Gasteiger partial charge is 0.454 e. The second-order valence-corrected chi connectivity index (χ2v) is 5.23. The topological polar surface area (TPSA) is 70.3 Å². The van der Waals surface area contributed by atoms with Crippen LogP contribution >= 0.6 is 0 Å². The van der Waals surface area contributed by atoms with Gasteiger partial charge in [0.05, 0.1) is 0 Å². The molecule has 110 valence electrons. The first-order valence-corrected chi connectivity index (χ1v) is 7.19. The number of rotatable bonds is 5. The van der Waals surface area contributed by atoms with E-state index in [0.717, 1.165) is 48.7 Å². The fourth-order valence-electron chi connectivity index (χ4n) is 2.51. The molecule has 1 aliphatic rings. The molecule has 0 saturated carbocycles. The van der Waals surface area contributed by atoms with Crippen LogP contribution in [0.5, 0.6) is 11.5 Å². The van der Waals surface area contributed by atoms with E-state index in [4.69, 9.17) is 15.2 Å². The number of fused-ring (bicyclic) bond motifs is 1. The summed E-state index contributed by atoms with van der Waals surface area (Å²) < 4.78 is 10.7. The number of hydrogen-bond donors (Lipinski definition) is 1. The fourth-order valence-corrected chi connectivity index (χ4v) is 2.51. The van der Waals surface area contributed by atoms with E-state index in [0.29, 0.717) is 12.6 Å².